The number of ether oxygens (including phenoxy) is 1. The summed E-state index contributed by atoms with van der Waals surface area (Å²) in [6, 6.07) is 5.19. The Morgan fingerprint density at radius 2 is 2.04 bits per heavy atom. The first-order valence-corrected chi connectivity index (χ1v) is 8.90. The molecule has 2 rings (SSSR count). The molecule has 1 N–H and O–H groups in total. The van der Waals surface area contributed by atoms with Crippen molar-refractivity contribution in [1.29, 1.82) is 0 Å². The minimum absolute atomic E-state index is 0. The van der Waals surface area contributed by atoms with Crippen molar-refractivity contribution in [3.05, 3.63) is 35.1 Å². The molecule has 152 valence electrons. The van der Waals surface area contributed by atoms with Crippen LogP contribution >= 0.6 is 24.0 Å². The molecule has 0 radical (unpaired) electrons. The van der Waals surface area contributed by atoms with E-state index in [4.69, 9.17) is 4.74 Å². The Bertz CT molecular complexity index is 647. The number of esters is 1. The van der Waals surface area contributed by atoms with E-state index in [0.717, 1.165) is 37.5 Å². The van der Waals surface area contributed by atoms with Crippen LogP contribution in [0.25, 0.3) is 0 Å². The zero-order valence-corrected chi connectivity index (χ0v) is 18.8. The van der Waals surface area contributed by atoms with Crippen molar-refractivity contribution in [3.63, 3.8) is 0 Å². The summed E-state index contributed by atoms with van der Waals surface area (Å²) < 4.78 is 18.7. The number of benzene rings is 1. The number of carbonyl (C=O) groups is 1. The van der Waals surface area contributed by atoms with Crippen molar-refractivity contribution in [2.75, 3.05) is 41.3 Å². The fourth-order valence-corrected chi connectivity index (χ4v) is 3.21. The maximum atomic E-state index is 13.9. The number of nitrogens with zero attached hydrogens (tertiary/aromatic N) is 3. The highest BCUT2D eigenvalue weighted by Crippen LogP contribution is 2.18. The number of halogens is 2. The van der Waals surface area contributed by atoms with Gasteiger partial charge in [0.05, 0.1) is 13.0 Å². The summed E-state index contributed by atoms with van der Waals surface area (Å²) in [6.07, 6.45) is 1.52. The van der Waals surface area contributed by atoms with E-state index in [1.807, 2.05) is 25.1 Å². The van der Waals surface area contributed by atoms with Crippen molar-refractivity contribution in [1.82, 2.24) is 15.1 Å². The monoisotopic (exact) mass is 492 g/mol. The summed E-state index contributed by atoms with van der Waals surface area (Å²) in [5, 5.41) is 3.34. The van der Waals surface area contributed by atoms with E-state index >= 15 is 0 Å². The molecule has 0 bridgehead atoms. The minimum atomic E-state index is -0.184. The smallest absolute Gasteiger partial charge is 0.308 e. The third kappa shape index (κ3) is 6.91. The van der Waals surface area contributed by atoms with Gasteiger partial charge in [0.15, 0.2) is 5.96 Å². The van der Waals surface area contributed by atoms with Crippen LogP contribution in [0, 0.1) is 11.7 Å². The van der Waals surface area contributed by atoms with E-state index in [-0.39, 0.29) is 41.7 Å². The van der Waals surface area contributed by atoms with Crippen LogP contribution in [0.5, 0.6) is 0 Å². The van der Waals surface area contributed by atoms with Gasteiger partial charge >= 0.3 is 5.97 Å². The lowest BCUT2D eigenvalue weighted by Crippen LogP contribution is -2.46. The first-order chi connectivity index (χ1) is 12.4. The molecule has 1 aromatic rings. The molecular weight excluding hydrogens is 462 g/mol. The number of hydrogen-bond donors (Lipinski definition) is 1. The number of rotatable bonds is 5. The predicted octanol–water partition coefficient (Wildman–Crippen LogP) is 2.47. The number of guanidine groups is 1. The normalized spacial score (nSPS) is 15.5. The van der Waals surface area contributed by atoms with Crippen LogP contribution in [0.3, 0.4) is 0 Å². The van der Waals surface area contributed by atoms with E-state index in [1.165, 1.54) is 13.2 Å². The summed E-state index contributed by atoms with van der Waals surface area (Å²) in [6.45, 7) is 2.66. The lowest BCUT2D eigenvalue weighted by molar-refractivity contribution is -0.146. The zero-order chi connectivity index (χ0) is 19.1. The highest BCUT2D eigenvalue weighted by Gasteiger charge is 2.26. The molecular formula is C19H30FIN4O2. The van der Waals surface area contributed by atoms with Crippen molar-refractivity contribution in [2.24, 2.45) is 10.9 Å². The van der Waals surface area contributed by atoms with Gasteiger partial charge in [-0.05, 0) is 44.6 Å². The Hall–Kier alpha value is -1.42. The molecule has 27 heavy (non-hydrogen) atoms. The van der Waals surface area contributed by atoms with Crippen LogP contribution in [0.1, 0.15) is 24.0 Å². The summed E-state index contributed by atoms with van der Waals surface area (Å²) >= 11 is 0. The third-order valence-corrected chi connectivity index (χ3v) is 4.59. The first-order valence-electron chi connectivity index (χ1n) is 8.90. The van der Waals surface area contributed by atoms with Crippen LogP contribution < -0.4 is 5.32 Å². The average Bonchev–Trinajstić information content (AvgIpc) is 2.64. The molecule has 0 unspecified atom stereocenters. The van der Waals surface area contributed by atoms with Crippen LogP contribution in [0.4, 0.5) is 4.39 Å². The number of piperidine rings is 1. The first kappa shape index (κ1) is 23.6. The molecule has 1 saturated heterocycles. The Morgan fingerprint density at radius 3 is 2.59 bits per heavy atom. The fraction of sp³-hybridized carbons (Fsp3) is 0.579. The van der Waals surface area contributed by atoms with Gasteiger partial charge in [0.1, 0.15) is 5.82 Å². The molecule has 6 nitrogen and oxygen atoms in total. The maximum absolute atomic E-state index is 13.9. The van der Waals surface area contributed by atoms with Gasteiger partial charge in [0.25, 0.3) is 0 Å². The number of likely N-dealkylation sites (tertiary alicyclic amines) is 1. The number of methoxy groups -OCH3 is 1. The predicted molar refractivity (Wildman–Crippen MR) is 116 cm³/mol. The third-order valence-electron chi connectivity index (χ3n) is 4.59. The molecule has 1 aliphatic rings. The second-order valence-electron chi connectivity index (χ2n) is 6.85. The van der Waals surface area contributed by atoms with Crippen LogP contribution in [-0.4, -0.2) is 63.1 Å². The largest absolute Gasteiger partial charge is 0.469 e. The molecule has 0 saturated carbocycles. The van der Waals surface area contributed by atoms with Crippen LogP contribution in [-0.2, 0) is 22.6 Å². The molecule has 0 spiro atoms. The van der Waals surface area contributed by atoms with Crippen molar-refractivity contribution >= 4 is 35.9 Å². The molecule has 0 amide bonds. The summed E-state index contributed by atoms with van der Waals surface area (Å²) in [5.74, 6) is 0.455. The van der Waals surface area contributed by atoms with Gasteiger partial charge in [0, 0.05) is 38.8 Å². The van der Waals surface area contributed by atoms with Crippen LogP contribution in [0.15, 0.2) is 23.2 Å². The summed E-state index contributed by atoms with van der Waals surface area (Å²) in [4.78, 5) is 20.1. The topological polar surface area (TPSA) is 57.2 Å². The van der Waals surface area contributed by atoms with Crippen molar-refractivity contribution in [2.45, 2.75) is 25.9 Å². The van der Waals surface area contributed by atoms with Gasteiger partial charge in [-0.15, -0.1) is 24.0 Å². The van der Waals surface area contributed by atoms with E-state index in [0.29, 0.717) is 18.7 Å². The Labute approximate surface area is 178 Å². The fourth-order valence-electron chi connectivity index (χ4n) is 3.21. The van der Waals surface area contributed by atoms with Gasteiger partial charge in [-0.3, -0.25) is 9.79 Å². The Balaban J connectivity index is 0.00000364. The summed E-state index contributed by atoms with van der Waals surface area (Å²) in [7, 11) is 7.02. The van der Waals surface area contributed by atoms with Gasteiger partial charge in [-0.25, -0.2) is 4.39 Å². The Morgan fingerprint density at radius 1 is 1.37 bits per heavy atom. The second-order valence-corrected chi connectivity index (χ2v) is 6.85. The van der Waals surface area contributed by atoms with Crippen LogP contribution in [0.2, 0.25) is 0 Å². The van der Waals surface area contributed by atoms with Crippen molar-refractivity contribution < 1.29 is 13.9 Å². The molecule has 0 aromatic heterocycles. The van der Waals surface area contributed by atoms with E-state index in [2.05, 4.69) is 15.2 Å². The number of hydrogen-bond acceptors (Lipinski definition) is 4. The quantitative estimate of drug-likeness (QED) is 0.296. The summed E-state index contributed by atoms with van der Waals surface area (Å²) in [5.41, 5.74) is 1.69. The van der Waals surface area contributed by atoms with Gasteiger partial charge < -0.3 is 19.9 Å². The Kier molecular flexibility index (Phi) is 10.00. The van der Waals surface area contributed by atoms with Gasteiger partial charge in [-0.1, -0.05) is 6.07 Å². The standard InChI is InChI=1S/C19H29FN4O2.HI/c1-21-19(24-9-7-15(8-10-24)18(25)26-4)22-12-14-5-6-17(20)16(11-14)13-23(2)3;/h5-6,11,15H,7-10,12-13H2,1-4H3,(H,21,22);1H. The molecule has 1 fully saturated rings. The van der Waals surface area contributed by atoms with E-state index < -0.39 is 0 Å². The van der Waals surface area contributed by atoms with E-state index in [9.17, 15) is 9.18 Å². The molecule has 1 heterocycles. The second kappa shape index (κ2) is 11.4. The minimum Gasteiger partial charge on any atom is -0.469 e. The van der Waals surface area contributed by atoms with Gasteiger partial charge in [-0.2, -0.15) is 0 Å². The molecule has 0 aliphatic carbocycles. The molecule has 1 aromatic carbocycles. The van der Waals surface area contributed by atoms with Gasteiger partial charge in [0.2, 0.25) is 0 Å². The lowest BCUT2D eigenvalue weighted by atomic mass is 9.97. The van der Waals surface area contributed by atoms with E-state index in [1.54, 1.807) is 13.1 Å². The number of aliphatic imine (C=N–C) groups is 1. The average molecular weight is 492 g/mol. The number of carbonyl (C=O) groups excluding carboxylic acids is 1. The van der Waals surface area contributed by atoms with Crippen molar-refractivity contribution in [3.8, 4) is 0 Å². The lowest BCUT2D eigenvalue weighted by Gasteiger charge is -2.33. The molecule has 8 heteroatoms. The molecule has 0 atom stereocenters. The SMILES string of the molecule is CN=C(NCc1ccc(F)c(CN(C)C)c1)N1CCC(C(=O)OC)CC1.I. The molecule has 1 aliphatic heterocycles. The highest BCUT2D eigenvalue weighted by molar-refractivity contribution is 14.0. The number of nitrogens with one attached hydrogen (secondary N) is 1. The highest BCUT2D eigenvalue weighted by atomic mass is 127. The zero-order valence-electron chi connectivity index (χ0n) is 16.5. The maximum Gasteiger partial charge on any atom is 0.308 e.